The van der Waals surface area contributed by atoms with E-state index < -0.39 is 0 Å². The van der Waals surface area contributed by atoms with Crippen LogP contribution in [-0.4, -0.2) is 39.8 Å². The molecule has 0 saturated carbocycles. The van der Waals surface area contributed by atoms with Crippen LogP contribution in [0.5, 0.6) is 0 Å². The van der Waals surface area contributed by atoms with Crippen molar-refractivity contribution < 1.29 is 10.0 Å². The lowest BCUT2D eigenvalue weighted by molar-refractivity contribution is 0.0733. The zero-order valence-corrected chi connectivity index (χ0v) is 10.5. The second-order valence-electron chi connectivity index (χ2n) is 4.06. The molecular weight excluding hydrogens is 238 g/mol. The molecule has 1 saturated heterocycles. The molecule has 1 aliphatic rings. The third-order valence-corrected chi connectivity index (χ3v) is 3.86. The van der Waals surface area contributed by atoms with Crippen molar-refractivity contribution in [3.05, 3.63) is 16.6 Å². The zero-order valence-electron chi connectivity index (χ0n) is 9.67. The van der Waals surface area contributed by atoms with Crippen molar-refractivity contribution in [1.29, 1.82) is 0 Å². The first-order valence-corrected chi connectivity index (χ1v) is 6.52. The third kappa shape index (κ3) is 2.46. The Bertz CT molecular complexity index is 416. The van der Waals surface area contributed by atoms with E-state index >= 15 is 0 Å². The van der Waals surface area contributed by atoms with Crippen molar-refractivity contribution in [2.75, 3.05) is 13.1 Å². The summed E-state index contributed by atoms with van der Waals surface area (Å²) in [6, 6.07) is 0. The SMILES string of the molecule is CCC1CN(C(=O)c2cncs2)CCC1=NO. The molecule has 1 aliphatic heterocycles. The first-order valence-electron chi connectivity index (χ1n) is 5.64. The first-order chi connectivity index (χ1) is 8.26. The van der Waals surface area contributed by atoms with Crippen LogP contribution < -0.4 is 0 Å². The molecule has 1 unspecified atom stereocenters. The highest BCUT2D eigenvalue weighted by molar-refractivity contribution is 7.11. The summed E-state index contributed by atoms with van der Waals surface area (Å²) >= 11 is 1.36. The molecule has 2 rings (SSSR count). The van der Waals surface area contributed by atoms with E-state index in [0.29, 0.717) is 24.4 Å². The van der Waals surface area contributed by atoms with Crippen LogP contribution in [0.4, 0.5) is 0 Å². The summed E-state index contributed by atoms with van der Waals surface area (Å²) in [7, 11) is 0. The van der Waals surface area contributed by atoms with E-state index in [1.807, 2.05) is 11.8 Å². The number of oxime groups is 1. The van der Waals surface area contributed by atoms with Crippen molar-refractivity contribution >= 4 is 23.0 Å². The molecule has 1 atom stereocenters. The number of rotatable bonds is 2. The standard InChI is InChI=1S/C11H15N3O2S/c1-2-8-6-14(4-3-9(8)13-16)11(15)10-5-12-7-17-10/h5,7-8,16H,2-4,6H2,1H3. The Labute approximate surface area is 104 Å². The largest absolute Gasteiger partial charge is 0.411 e. The molecule has 17 heavy (non-hydrogen) atoms. The van der Waals surface area contributed by atoms with E-state index in [4.69, 9.17) is 5.21 Å². The number of nitrogens with zero attached hydrogens (tertiary/aromatic N) is 3. The molecule has 1 aromatic rings. The van der Waals surface area contributed by atoms with Crippen molar-refractivity contribution in [2.45, 2.75) is 19.8 Å². The Kier molecular flexibility index (Phi) is 3.73. The monoisotopic (exact) mass is 253 g/mol. The molecule has 0 aromatic carbocycles. The highest BCUT2D eigenvalue weighted by atomic mass is 32.1. The summed E-state index contributed by atoms with van der Waals surface area (Å²) in [6.07, 6.45) is 3.13. The molecular formula is C11H15N3O2S. The zero-order chi connectivity index (χ0) is 12.3. The number of piperidine rings is 1. The Morgan fingerprint density at radius 3 is 3.18 bits per heavy atom. The number of likely N-dealkylation sites (tertiary alicyclic amines) is 1. The summed E-state index contributed by atoms with van der Waals surface area (Å²) in [6.45, 7) is 3.29. The van der Waals surface area contributed by atoms with Gasteiger partial charge in [-0.15, -0.1) is 11.3 Å². The van der Waals surface area contributed by atoms with Gasteiger partial charge in [-0.3, -0.25) is 9.78 Å². The molecule has 1 fully saturated rings. The number of carbonyl (C=O) groups is 1. The van der Waals surface area contributed by atoms with Crippen LogP contribution in [0, 0.1) is 5.92 Å². The normalized spacial score (nSPS) is 23.0. The second kappa shape index (κ2) is 5.27. The number of hydrogen-bond acceptors (Lipinski definition) is 5. The van der Waals surface area contributed by atoms with Gasteiger partial charge in [-0.1, -0.05) is 12.1 Å². The number of amides is 1. The molecule has 0 bridgehead atoms. The summed E-state index contributed by atoms with van der Waals surface area (Å²) in [5, 5.41) is 12.2. The highest BCUT2D eigenvalue weighted by Gasteiger charge is 2.28. The third-order valence-electron chi connectivity index (χ3n) is 3.10. The van der Waals surface area contributed by atoms with Crippen LogP contribution in [0.25, 0.3) is 0 Å². The van der Waals surface area contributed by atoms with E-state index in [-0.39, 0.29) is 11.8 Å². The quantitative estimate of drug-likeness (QED) is 0.646. The molecule has 0 spiro atoms. The molecule has 6 heteroatoms. The van der Waals surface area contributed by atoms with Gasteiger partial charge in [0, 0.05) is 25.4 Å². The lowest BCUT2D eigenvalue weighted by Crippen LogP contribution is -2.43. The molecule has 1 amide bonds. The predicted molar refractivity (Wildman–Crippen MR) is 65.6 cm³/mol. The van der Waals surface area contributed by atoms with Crippen LogP contribution in [0.15, 0.2) is 16.9 Å². The van der Waals surface area contributed by atoms with Crippen LogP contribution in [0.1, 0.15) is 29.4 Å². The topological polar surface area (TPSA) is 65.8 Å². The predicted octanol–water partition coefficient (Wildman–Crippen LogP) is 1.85. The molecule has 92 valence electrons. The van der Waals surface area contributed by atoms with E-state index in [1.165, 1.54) is 11.3 Å². The van der Waals surface area contributed by atoms with Crippen molar-refractivity contribution in [3.8, 4) is 0 Å². The van der Waals surface area contributed by atoms with Crippen LogP contribution in [0.3, 0.4) is 0 Å². The molecule has 0 aliphatic carbocycles. The van der Waals surface area contributed by atoms with Gasteiger partial charge in [0.2, 0.25) is 0 Å². The lowest BCUT2D eigenvalue weighted by atomic mass is 9.93. The first kappa shape index (κ1) is 12.0. The van der Waals surface area contributed by atoms with Crippen molar-refractivity contribution in [2.24, 2.45) is 11.1 Å². The molecule has 1 N–H and O–H groups in total. The Hall–Kier alpha value is -1.43. The molecule has 0 radical (unpaired) electrons. The van der Waals surface area contributed by atoms with Crippen molar-refractivity contribution in [1.82, 2.24) is 9.88 Å². The maximum Gasteiger partial charge on any atom is 0.265 e. The van der Waals surface area contributed by atoms with Crippen LogP contribution in [-0.2, 0) is 0 Å². The second-order valence-corrected chi connectivity index (χ2v) is 4.95. The molecule has 5 nitrogen and oxygen atoms in total. The van der Waals surface area contributed by atoms with Gasteiger partial charge in [0.05, 0.1) is 17.4 Å². The molecule has 1 aromatic heterocycles. The minimum atomic E-state index is 0.0305. The number of hydrogen-bond donors (Lipinski definition) is 1. The van der Waals surface area contributed by atoms with E-state index in [1.54, 1.807) is 11.7 Å². The van der Waals surface area contributed by atoms with Gasteiger partial charge in [0.25, 0.3) is 5.91 Å². The Morgan fingerprint density at radius 2 is 2.59 bits per heavy atom. The van der Waals surface area contributed by atoms with Crippen LogP contribution in [0.2, 0.25) is 0 Å². The minimum Gasteiger partial charge on any atom is -0.411 e. The van der Waals surface area contributed by atoms with Gasteiger partial charge in [0.15, 0.2) is 0 Å². The van der Waals surface area contributed by atoms with Gasteiger partial charge < -0.3 is 10.1 Å². The minimum absolute atomic E-state index is 0.0305. The summed E-state index contributed by atoms with van der Waals surface area (Å²) in [5.41, 5.74) is 2.47. The highest BCUT2D eigenvalue weighted by Crippen LogP contribution is 2.20. The van der Waals surface area contributed by atoms with E-state index in [0.717, 1.165) is 12.1 Å². The number of thiazole rings is 1. The summed E-state index contributed by atoms with van der Waals surface area (Å²) in [4.78, 5) is 18.5. The van der Waals surface area contributed by atoms with Crippen LogP contribution >= 0.6 is 11.3 Å². The van der Waals surface area contributed by atoms with E-state index in [2.05, 4.69) is 10.1 Å². The fourth-order valence-corrected chi connectivity index (χ4v) is 2.66. The summed E-state index contributed by atoms with van der Waals surface area (Å²) in [5.74, 6) is 0.202. The van der Waals surface area contributed by atoms with Gasteiger partial charge in [-0.25, -0.2) is 0 Å². The molecule has 2 heterocycles. The van der Waals surface area contributed by atoms with Gasteiger partial charge >= 0.3 is 0 Å². The fourth-order valence-electron chi connectivity index (χ4n) is 2.07. The smallest absolute Gasteiger partial charge is 0.265 e. The lowest BCUT2D eigenvalue weighted by Gasteiger charge is -2.32. The maximum absolute atomic E-state index is 12.1. The summed E-state index contributed by atoms with van der Waals surface area (Å²) < 4.78 is 0. The number of aromatic nitrogens is 1. The van der Waals surface area contributed by atoms with E-state index in [9.17, 15) is 4.79 Å². The van der Waals surface area contributed by atoms with Gasteiger partial charge in [0.1, 0.15) is 4.88 Å². The average Bonchev–Trinajstić information content (AvgIpc) is 2.90. The fraction of sp³-hybridized carbons (Fsp3) is 0.545. The number of carbonyl (C=O) groups excluding carboxylic acids is 1. The van der Waals surface area contributed by atoms with Gasteiger partial charge in [-0.05, 0) is 6.42 Å². The Morgan fingerprint density at radius 1 is 1.76 bits per heavy atom. The van der Waals surface area contributed by atoms with Gasteiger partial charge in [-0.2, -0.15) is 0 Å². The Balaban J connectivity index is 2.07. The van der Waals surface area contributed by atoms with Crippen molar-refractivity contribution in [3.63, 3.8) is 0 Å². The average molecular weight is 253 g/mol. The maximum atomic E-state index is 12.1.